The van der Waals surface area contributed by atoms with E-state index in [2.05, 4.69) is 5.32 Å². The lowest BCUT2D eigenvalue weighted by atomic mass is 10.2. The third-order valence-corrected chi connectivity index (χ3v) is 7.12. The van der Waals surface area contributed by atoms with Crippen molar-refractivity contribution in [2.45, 2.75) is 25.3 Å². The minimum absolute atomic E-state index is 0.0950. The van der Waals surface area contributed by atoms with E-state index in [1.165, 1.54) is 12.1 Å². The molecule has 6 nitrogen and oxygen atoms in total. The van der Waals surface area contributed by atoms with Crippen LogP contribution in [0.3, 0.4) is 0 Å². The van der Waals surface area contributed by atoms with Crippen molar-refractivity contribution in [2.75, 3.05) is 16.6 Å². The number of benzene rings is 3. The van der Waals surface area contributed by atoms with Gasteiger partial charge in [-0.15, -0.1) is 0 Å². The van der Waals surface area contributed by atoms with E-state index in [1.807, 2.05) is 13.0 Å². The molecule has 0 bridgehead atoms. The van der Waals surface area contributed by atoms with E-state index in [1.54, 1.807) is 55.5 Å². The predicted molar refractivity (Wildman–Crippen MR) is 125 cm³/mol. The summed E-state index contributed by atoms with van der Waals surface area (Å²) in [6.07, 6.45) is 0. The van der Waals surface area contributed by atoms with Gasteiger partial charge in [0.05, 0.1) is 10.6 Å². The molecule has 0 heterocycles. The second kappa shape index (κ2) is 9.41. The third-order valence-electron chi connectivity index (χ3n) is 4.94. The molecule has 162 valence electrons. The number of halogens is 1. The van der Waals surface area contributed by atoms with Crippen LogP contribution in [0.15, 0.2) is 71.6 Å². The number of para-hydroxylation sites is 1. The Kier molecular flexibility index (Phi) is 6.87. The molecule has 0 radical (unpaired) electrons. The van der Waals surface area contributed by atoms with Crippen LogP contribution in [-0.2, 0) is 21.4 Å². The van der Waals surface area contributed by atoms with Gasteiger partial charge in [0, 0.05) is 17.3 Å². The zero-order chi connectivity index (χ0) is 22.6. The lowest BCUT2D eigenvalue weighted by Gasteiger charge is -2.26. The summed E-state index contributed by atoms with van der Waals surface area (Å²) in [5, 5.41) is 3.16. The first-order valence-corrected chi connectivity index (χ1v) is 11.5. The molecule has 1 amide bonds. The van der Waals surface area contributed by atoms with Crippen LogP contribution in [0.4, 0.5) is 11.4 Å². The van der Waals surface area contributed by atoms with Crippen LogP contribution in [0.2, 0.25) is 5.02 Å². The van der Waals surface area contributed by atoms with Crippen LogP contribution in [-0.4, -0.2) is 20.9 Å². The summed E-state index contributed by atoms with van der Waals surface area (Å²) >= 11 is 6.23. The molecular weight excluding hydrogens is 434 g/mol. The van der Waals surface area contributed by atoms with Gasteiger partial charge in [-0.05, 0) is 55.3 Å². The highest BCUT2D eigenvalue weighted by Gasteiger charge is 2.28. The maximum atomic E-state index is 13.5. The van der Waals surface area contributed by atoms with Crippen molar-refractivity contribution < 1.29 is 13.2 Å². The van der Waals surface area contributed by atoms with E-state index in [-0.39, 0.29) is 11.4 Å². The lowest BCUT2D eigenvalue weighted by molar-refractivity contribution is -0.119. The van der Waals surface area contributed by atoms with Crippen LogP contribution < -0.4 is 15.4 Å². The van der Waals surface area contributed by atoms with Crippen LogP contribution >= 0.6 is 11.6 Å². The average Bonchev–Trinajstić information content (AvgIpc) is 2.74. The number of nitrogens with zero attached hydrogens (tertiary/aromatic N) is 1. The summed E-state index contributed by atoms with van der Waals surface area (Å²) < 4.78 is 28.0. The Hall–Kier alpha value is -3.03. The zero-order valence-corrected chi connectivity index (χ0v) is 18.9. The smallest absolute Gasteiger partial charge is 0.264 e. The summed E-state index contributed by atoms with van der Waals surface area (Å²) in [5.74, 6) is -0.460. The van der Waals surface area contributed by atoms with E-state index >= 15 is 0 Å². The maximum Gasteiger partial charge on any atom is 0.264 e. The number of aryl methyl sites for hydroxylation is 1. The Morgan fingerprint density at radius 2 is 1.68 bits per heavy atom. The quantitative estimate of drug-likeness (QED) is 0.523. The van der Waals surface area contributed by atoms with Crippen LogP contribution in [0, 0.1) is 13.8 Å². The molecule has 3 aromatic rings. The molecular formula is C23H24ClN3O3S. The van der Waals surface area contributed by atoms with E-state index < -0.39 is 22.5 Å². The molecule has 3 aromatic carbocycles. The number of nitrogen functional groups attached to an aromatic ring is 1. The van der Waals surface area contributed by atoms with Crippen molar-refractivity contribution in [1.29, 1.82) is 0 Å². The van der Waals surface area contributed by atoms with Crippen LogP contribution in [0.5, 0.6) is 0 Å². The highest BCUT2D eigenvalue weighted by Crippen LogP contribution is 2.30. The normalized spacial score (nSPS) is 11.2. The highest BCUT2D eigenvalue weighted by molar-refractivity contribution is 7.92. The number of sulfonamides is 1. The molecule has 0 aliphatic rings. The van der Waals surface area contributed by atoms with Gasteiger partial charge in [-0.25, -0.2) is 8.42 Å². The van der Waals surface area contributed by atoms with Crippen molar-refractivity contribution in [1.82, 2.24) is 5.32 Å². The monoisotopic (exact) mass is 457 g/mol. The second-order valence-corrected chi connectivity index (χ2v) is 9.45. The van der Waals surface area contributed by atoms with Gasteiger partial charge < -0.3 is 11.1 Å². The van der Waals surface area contributed by atoms with E-state index in [0.717, 1.165) is 15.4 Å². The van der Waals surface area contributed by atoms with Crippen LogP contribution in [0.1, 0.15) is 16.7 Å². The predicted octanol–water partition coefficient (Wildman–Crippen LogP) is 4.05. The molecule has 0 aromatic heterocycles. The Balaban J connectivity index is 1.92. The summed E-state index contributed by atoms with van der Waals surface area (Å²) in [4.78, 5) is 12.8. The summed E-state index contributed by atoms with van der Waals surface area (Å²) in [7, 11) is -4.01. The number of nitrogens with two attached hydrogens (primary N) is 1. The first-order chi connectivity index (χ1) is 14.7. The van der Waals surface area contributed by atoms with Gasteiger partial charge in [0.15, 0.2) is 0 Å². The molecule has 31 heavy (non-hydrogen) atoms. The van der Waals surface area contributed by atoms with Gasteiger partial charge in [-0.3, -0.25) is 9.10 Å². The molecule has 8 heteroatoms. The molecule has 3 rings (SSSR count). The fourth-order valence-corrected chi connectivity index (χ4v) is 4.73. The number of amides is 1. The number of hydrogen-bond donors (Lipinski definition) is 2. The Morgan fingerprint density at radius 1 is 1.00 bits per heavy atom. The molecule has 0 saturated heterocycles. The minimum atomic E-state index is -4.01. The Bertz CT molecular complexity index is 1190. The first-order valence-electron chi connectivity index (χ1n) is 9.65. The van der Waals surface area contributed by atoms with E-state index in [4.69, 9.17) is 17.3 Å². The van der Waals surface area contributed by atoms with Gasteiger partial charge in [0.25, 0.3) is 10.0 Å². The fraction of sp³-hybridized carbons (Fsp3) is 0.174. The molecule has 0 aliphatic carbocycles. The van der Waals surface area contributed by atoms with Gasteiger partial charge >= 0.3 is 0 Å². The summed E-state index contributed by atoms with van der Waals surface area (Å²) in [6.45, 7) is 3.39. The van der Waals surface area contributed by atoms with Gasteiger partial charge in [-0.2, -0.15) is 0 Å². The molecule has 0 spiro atoms. The van der Waals surface area contributed by atoms with Crippen LogP contribution in [0.25, 0.3) is 0 Å². The number of hydrogen-bond acceptors (Lipinski definition) is 4. The van der Waals surface area contributed by atoms with E-state index in [9.17, 15) is 13.2 Å². The molecule has 0 atom stereocenters. The highest BCUT2D eigenvalue weighted by atomic mass is 35.5. The van der Waals surface area contributed by atoms with Crippen molar-refractivity contribution in [2.24, 2.45) is 0 Å². The lowest BCUT2D eigenvalue weighted by Crippen LogP contribution is -2.41. The number of carbonyl (C=O) groups is 1. The molecule has 0 aliphatic heterocycles. The standard InChI is InChI=1S/C23H24ClN3O3S/c1-16-10-12-19(13-11-16)31(29,30)27(22-9-5-7-20(24)17(22)2)15-23(28)26-14-18-6-3-4-8-21(18)25/h3-13H,14-15,25H2,1-2H3,(H,26,28). The van der Waals surface area contributed by atoms with Gasteiger partial charge in [-0.1, -0.05) is 53.6 Å². The first kappa shape index (κ1) is 22.7. The van der Waals surface area contributed by atoms with Crippen molar-refractivity contribution in [3.05, 3.63) is 88.4 Å². The number of rotatable bonds is 7. The third kappa shape index (κ3) is 5.18. The molecule has 0 fully saturated rings. The Labute approximate surface area is 187 Å². The number of carbonyl (C=O) groups excluding carboxylic acids is 1. The summed E-state index contributed by atoms with van der Waals surface area (Å²) in [5.41, 5.74) is 9.08. The van der Waals surface area contributed by atoms with Crippen molar-refractivity contribution in [3.63, 3.8) is 0 Å². The molecule has 0 unspecified atom stereocenters. The number of anilines is 2. The largest absolute Gasteiger partial charge is 0.398 e. The minimum Gasteiger partial charge on any atom is -0.398 e. The SMILES string of the molecule is Cc1ccc(S(=O)(=O)N(CC(=O)NCc2ccccc2N)c2cccc(Cl)c2C)cc1. The number of nitrogens with one attached hydrogen (secondary N) is 1. The zero-order valence-electron chi connectivity index (χ0n) is 17.3. The van der Waals surface area contributed by atoms with Crippen molar-refractivity contribution >= 4 is 38.9 Å². The summed E-state index contributed by atoms with van der Waals surface area (Å²) in [6, 6.07) is 18.6. The average molecular weight is 458 g/mol. The second-order valence-electron chi connectivity index (χ2n) is 7.18. The van der Waals surface area contributed by atoms with Gasteiger partial charge in [0.2, 0.25) is 5.91 Å². The Morgan fingerprint density at radius 3 is 2.35 bits per heavy atom. The molecule has 3 N–H and O–H groups in total. The fourth-order valence-electron chi connectivity index (χ4n) is 3.08. The van der Waals surface area contributed by atoms with Gasteiger partial charge in [0.1, 0.15) is 6.54 Å². The van der Waals surface area contributed by atoms with Crippen molar-refractivity contribution in [3.8, 4) is 0 Å². The van der Waals surface area contributed by atoms with E-state index in [0.29, 0.717) is 22.0 Å². The topological polar surface area (TPSA) is 92.5 Å². The maximum absolute atomic E-state index is 13.5. The molecule has 0 saturated carbocycles.